The molecule has 1 amide bonds. The van der Waals surface area contributed by atoms with E-state index < -0.39 is 18.0 Å². The third-order valence-corrected chi connectivity index (χ3v) is 2.07. The maximum atomic E-state index is 12.1. The van der Waals surface area contributed by atoms with Gasteiger partial charge < -0.3 is 14.9 Å². The lowest BCUT2D eigenvalue weighted by Gasteiger charge is -2.09. The molecule has 0 bridgehead atoms. The molecule has 2 aromatic rings. The molecule has 2 N–H and O–H groups in total. The number of nitrogens with two attached hydrogens (primary N) is 1. The number of rotatable bonds is 3. The van der Waals surface area contributed by atoms with Gasteiger partial charge in [0.2, 0.25) is 0 Å². The molecule has 0 atom stereocenters. The predicted octanol–water partition coefficient (Wildman–Crippen LogP) is 2.34. The Kier molecular flexibility index (Phi) is 3.16. The summed E-state index contributed by atoms with van der Waals surface area (Å²) >= 11 is 0. The second-order valence-electron chi connectivity index (χ2n) is 3.47. The van der Waals surface area contributed by atoms with Crippen LogP contribution in [0.2, 0.25) is 0 Å². The summed E-state index contributed by atoms with van der Waals surface area (Å²) in [5.74, 6) is -1.48. The predicted molar refractivity (Wildman–Crippen MR) is 57.1 cm³/mol. The zero-order valence-corrected chi connectivity index (χ0v) is 9.27. The molecule has 0 aliphatic heterocycles. The Balaban J connectivity index is 2.29. The van der Waals surface area contributed by atoms with E-state index in [2.05, 4.69) is 9.72 Å². The molecule has 1 aromatic heterocycles. The Bertz CT molecular complexity index is 607. The Morgan fingerprint density at radius 2 is 2.11 bits per heavy atom. The molecule has 0 saturated heterocycles. The fourth-order valence-corrected chi connectivity index (χ4v) is 1.37. The van der Waals surface area contributed by atoms with Gasteiger partial charge in [-0.05, 0) is 12.1 Å². The number of hydrogen-bond acceptors (Lipinski definition) is 4. The van der Waals surface area contributed by atoms with Crippen molar-refractivity contribution in [1.82, 2.24) is 4.98 Å². The molecule has 19 heavy (non-hydrogen) atoms. The van der Waals surface area contributed by atoms with Gasteiger partial charge in [0, 0.05) is 5.56 Å². The van der Waals surface area contributed by atoms with E-state index in [4.69, 9.17) is 10.2 Å². The van der Waals surface area contributed by atoms with E-state index in [1.54, 1.807) is 0 Å². The molecule has 0 fully saturated rings. The fourth-order valence-electron chi connectivity index (χ4n) is 1.37. The van der Waals surface area contributed by atoms with Gasteiger partial charge in [-0.2, -0.15) is 0 Å². The second-order valence-corrected chi connectivity index (χ2v) is 3.47. The molecule has 100 valence electrons. The van der Waals surface area contributed by atoms with Crippen molar-refractivity contribution < 1.29 is 27.1 Å². The molecular formula is C11H7F3N2O3. The summed E-state index contributed by atoms with van der Waals surface area (Å²) in [6.07, 6.45) is -3.59. The first-order chi connectivity index (χ1) is 8.85. The summed E-state index contributed by atoms with van der Waals surface area (Å²) in [5, 5.41) is 0. The van der Waals surface area contributed by atoms with Gasteiger partial charge in [-0.1, -0.05) is 12.1 Å². The number of benzene rings is 1. The van der Waals surface area contributed by atoms with Crippen molar-refractivity contribution >= 4 is 5.91 Å². The zero-order valence-electron chi connectivity index (χ0n) is 9.27. The summed E-state index contributed by atoms with van der Waals surface area (Å²) in [4.78, 5) is 14.4. The number of oxazole rings is 1. The highest BCUT2D eigenvalue weighted by Crippen LogP contribution is 2.28. The van der Waals surface area contributed by atoms with Gasteiger partial charge in [0.25, 0.3) is 5.89 Å². The van der Waals surface area contributed by atoms with E-state index >= 15 is 0 Å². The molecule has 1 aromatic carbocycles. The summed E-state index contributed by atoms with van der Waals surface area (Å²) in [6.45, 7) is 0. The van der Waals surface area contributed by atoms with E-state index in [9.17, 15) is 18.0 Å². The third kappa shape index (κ3) is 3.24. The van der Waals surface area contributed by atoms with Gasteiger partial charge in [0.15, 0.2) is 5.76 Å². The number of halogens is 3. The van der Waals surface area contributed by atoms with Crippen LogP contribution in [0.25, 0.3) is 11.3 Å². The third-order valence-electron chi connectivity index (χ3n) is 2.07. The van der Waals surface area contributed by atoms with Crippen LogP contribution in [0.1, 0.15) is 10.7 Å². The topological polar surface area (TPSA) is 78.4 Å². The van der Waals surface area contributed by atoms with E-state index in [1.807, 2.05) is 0 Å². The molecule has 0 unspecified atom stereocenters. The maximum absolute atomic E-state index is 12.1. The lowest BCUT2D eigenvalue weighted by molar-refractivity contribution is -0.274. The van der Waals surface area contributed by atoms with Crippen LogP contribution >= 0.6 is 0 Å². The van der Waals surface area contributed by atoms with Gasteiger partial charge in [0.05, 0.1) is 6.20 Å². The van der Waals surface area contributed by atoms with E-state index in [0.29, 0.717) is 0 Å². The van der Waals surface area contributed by atoms with Crippen LogP contribution in [-0.4, -0.2) is 17.3 Å². The minimum atomic E-state index is -4.78. The van der Waals surface area contributed by atoms with Crippen molar-refractivity contribution in [2.75, 3.05) is 0 Å². The molecule has 0 saturated carbocycles. The molecule has 2 rings (SSSR count). The highest BCUT2D eigenvalue weighted by Gasteiger charge is 2.31. The lowest BCUT2D eigenvalue weighted by Crippen LogP contribution is -2.17. The molecule has 5 nitrogen and oxygen atoms in total. The summed E-state index contributed by atoms with van der Waals surface area (Å²) in [7, 11) is 0. The Morgan fingerprint density at radius 3 is 2.68 bits per heavy atom. The number of carbonyl (C=O) groups excluding carboxylic acids is 1. The lowest BCUT2D eigenvalue weighted by atomic mass is 10.2. The maximum Gasteiger partial charge on any atom is 0.573 e. The first-order valence-corrected chi connectivity index (χ1v) is 4.97. The number of hydrogen-bond donors (Lipinski definition) is 1. The van der Waals surface area contributed by atoms with Crippen LogP contribution in [0.4, 0.5) is 13.2 Å². The highest BCUT2D eigenvalue weighted by molar-refractivity contribution is 5.88. The minimum absolute atomic E-state index is 0.112. The zero-order chi connectivity index (χ0) is 14.0. The van der Waals surface area contributed by atoms with Gasteiger partial charge in [0.1, 0.15) is 5.75 Å². The number of aromatic nitrogens is 1. The summed E-state index contributed by atoms with van der Waals surface area (Å²) < 4.78 is 45.0. The number of amides is 1. The standard InChI is InChI=1S/C11H7F3N2O3/c12-11(13,14)19-7-3-1-2-6(4-7)8-5-16-10(18-8)9(15)17/h1-5H,(H2,15,17). The smallest absolute Gasteiger partial charge is 0.432 e. The average Bonchev–Trinajstić information content (AvgIpc) is 2.76. The van der Waals surface area contributed by atoms with Crippen molar-refractivity contribution in [2.24, 2.45) is 5.73 Å². The van der Waals surface area contributed by atoms with Crippen LogP contribution in [0.15, 0.2) is 34.9 Å². The number of alkyl halides is 3. The monoisotopic (exact) mass is 272 g/mol. The molecule has 0 aliphatic rings. The van der Waals surface area contributed by atoms with Crippen molar-refractivity contribution in [1.29, 1.82) is 0 Å². The van der Waals surface area contributed by atoms with Crippen LogP contribution in [-0.2, 0) is 0 Å². The van der Waals surface area contributed by atoms with Gasteiger partial charge in [-0.15, -0.1) is 13.2 Å². The quantitative estimate of drug-likeness (QED) is 0.930. The first kappa shape index (κ1) is 12.9. The molecule has 1 heterocycles. The second kappa shape index (κ2) is 4.63. The van der Waals surface area contributed by atoms with E-state index in [-0.39, 0.29) is 17.2 Å². The number of ether oxygens (including phenoxy) is 1. The fraction of sp³-hybridized carbons (Fsp3) is 0.0909. The summed E-state index contributed by atoms with van der Waals surface area (Å²) in [5.41, 5.74) is 5.23. The Morgan fingerprint density at radius 1 is 1.37 bits per heavy atom. The van der Waals surface area contributed by atoms with Gasteiger partial charge in [-0.3, -0.25) is 4.79 Å². The minimum Gasteiger partial charge on any atom is -0.432 e. The Labute approximate surface area is 104 Å². The molecular weight excluding hydrogens is 265 g/mol. The molecule has 8 heteroatoms. The number of carbonyl (C=O) groups is 1. The van der Waals surface area contributed by atoms with Crippen molar-refractivity contribution in [3.8, 4) is 17.1 Å². The van der Waals surface area contributed by atoms with Crippen LogP contribution in [0.3, 0.4) is 0 Å². The molecule has 0 radical (unpaired) electrons. The Hall–Kier alpha value is -2.51. The first-order valence-electron chi connectivity index (χ1n) is 4.97. The van der Waals surface area contributed by atoms with Crippen LogP contribution in [0.5, 0.6) is 5.75 Å². The SMILES string of the molecule is NC(=O)c1ncc(-c2cccc(OC(F)(F)F)c2)o1. The molecule has 0 aliphatic carbocycles. The van der Waals surface area contributed by atoms with Crippen LogP contribution < -0.4 is 10.5 Å². The van der Waals surface area contributed by atoms with Gasteiger partial charge >= 0.3 is 12.3 Å². The average molecular weight is 272 g/mol. The number of nitrogens with zero attached hydrogens (tertiary/aromatic N) is 1. The largest absolute Gasteiger partial charge is 0.573 e. The van der Waals surface area contributed by atoms with Crippen molar-refractivity contribution in [3.05, 3.63) is 36.4 Å². The van der Waals surface area contributed by atoms with Gasteiger partial charge in [-0.25, -0.2) is 4.98 Å². The molecule has 0 spiro atoms. The van der Waals surface area contributed by atoms with E-state index in [1.165, 1.54) is 18.3 Å². The number of primary amides is 1. The van der Waals surface area contributed by atoms with Crippen LogP contribution in [0, 0.1) is 0 Å². The van der Waals surface area contributed by atoms with E-state index in [0.717, 1.165) is 12.1 Å². The van der Waals surface area contributed by atoms with Crippen molar-refractivity contribution in [3.63, 3.8) is 0 Å². The van der Waals surface area contributed by atoms with Crippen molar-refractivity contribution in [2.45, 2.75) is 6.36 Å². The normalized spacial score (nSPS) is 11.3. The summed E-state index contributed by atoms with van der Waals surface area (Å²) in [6, 6.07) is 5.08. The highest BCUT2D eigenvalue weighted by atomic mass is 19.4.